The second kappa shape index (κ2) is 8.68. The number of nitrogens with zero attached hydrogens (tertiary/aromatic N) is 1. The van der Waals surface area contributed by atoms with Crippen LogP contribution in [0.2, 0.25) is 0 Å². The van der Waals surface area contributed by atoms with Crippen LogP contribution in [0.1, 0.15) is 32.1 Å². The number of thiophene rings is 1. The zero-order valence-electron chi connectivity index (χ0n) is 12.3. The summed E-state index contributed by atoms with van der Waals surface area (Å²) in [6.45, 7) is 10.2. The van der Waals surface area contributed by atoms with Crippen molar-refractivity contribution in [2.45, 2.75) is 39.7 Å². The maximum atomic E-state index is 3.55. The van der Waals surface area contributed by atoms with E-state index in [1.165, 1.54) is 17.7 Å². The Balaban J connectivity index is 2.36. The number of rotatable bonds is 9. The number of hydrogen-bond acceptors (Lipinski definition) is 3. The summed E-state index contributed by atoms with van der Waals surface area (Å²) in [6.07, 6.45) is 2.38. The van der Waals surface area contributed by atoms with Gasteiger partial charge in [0.15, 0.2) is 0 Å². The molecule has 0 radical (unpaired) electrons. The molecule has 0 aliphatic rings. The Kier molecular flexibility index (Phi) is 7.56. The largest absolute Gasteiger partial charge is 0.315 e. The second-order valence-corrected chi connectivity index (χ2v) is 6.36. The van der Waals surface area contributed by atoms with Crippen LogP contribution in [0, 0.1) is 5.92 Å². The number of hydrogen-bond donors (Lipinski definition) is 1. The Bertz CT molecular complexity index is 295. The lowest BCUT2D eigenvalue weighted by Crippen LogP contribution is -2.44. The standard InChI is InChI=1S/C15H28N2S/c1-5-9-16-12-15(13(2)3)17(4)10-8-14-7-6-11-18-14/h6-7,11,13,15-16H,5,8-10,12H2,1-4H3. The average Bonchev–Trinajstić information content (AvgIpc) is 2.84. The Hall–Kier alpha value is -0.380. The van der Waals surface area contributed by atoms with Crippen molar-refractivity contribution in [3.63, 3.8) is 0 Å². The highest BCUT2D eigenvalue weighted by Gasteiger charge is 2.17. The molecule has 0 aliphatic carbocycles. The van der Waals surface area contributed by atoms with E-state index in [1.54, 1.807) is 0 Å². The van der Waals surface area contributed by atoms with Crippen LogP contribution in [0.3, 0.4) is 0 Å². The van der Waals surface area contributed by atoms with Gasteiger partial charge in [0, 0.05) is 24.0 Å². The fraction of sp³-hybridized carbons (Fsp3) is 0.733. The summed E-state index contributed by atoms with van der Waals surface area (Å²) in [5.41, 5.74) is 0. The molecule has 1 heterocycles. The molecule has 104 valence electrons. The van der Waals surface area contributed by atoms with E-state index in [-0.39, 0.29) is 0 Å². The minimum atomic E-state index is 0.636. The van der Waals surface area contributed by atoms with E-state index in [9.17, 15) is 0 Å². The average molecular weight is 268 g/mol. The maximum Gasteiger partial charge on any atom is 0.0240 e. The minimum absolute atomic E-state index is 0.636. The SMILES string of the molecule is CCCNCC(C(C)C)N(C)CCc1cccs1. The van der Waals surface area contributed by atoms with Gasteiger partial charge in [-0.25, -0.2) is 0 Å². The molecule has 0 aromatic carbocycles. The summed E-state index contributed by atoms with van der Waals surface area (Å²) in [4.78, 5) is 4.00. The topological polar surface area (TPSA) is 15.3 Å². The van der Waals surface area contributed by atoms with Crippen LogP contribution < -0.4 is 5.32 Å². The van der Waals surface area contributed by atoms with Gasteiger partial charge in [0.05, 0.1) is 0 Å². The van der Waals surface area contributed by atoms with Crippen molar-refractivity contribution in [1.82, 2.24) is 10.2 Å². The molecule has 3 heteroatoms. The van der Waals surface area contributed by atoms with Crippen LogP contribution >= 0.6 is 11.3 Å². The molecule has 0 saturated heterocycles. The maximum absolute atomic E-state index is 3.55. The first-order chi connectivity index (χ1) is 8.65. The Morgan fingerprint density at radius 1 is 1.39 bits per heavy atom. The van der Waals surface area contributed by atoms with Gasteiger partial charge in [0.2, 0.25) is 0 Å². The first-order valence-electron chi connectivity index (χ1n) is 7.08. The summed E-state index contributed by atoms with van der Waals surface area (Å²) in [5, 5.41) is 5.72. The van der Waals surface area contributed by atoms with E-state index in [0.717, 1.165) is 19.6 Å². The van der Waals surface area contributed by atoms with Crippen molar-refractivity contribution in [3.8, 4) is 0 Å². The monoisotopic (exact) mass is 268 g/mol. The molecule has 1 atom stereocenters. The quantitative estimate of drug-likeness (QED) is 0.692. The summed E-state index contributed by atoms with van der Waals surface area (Å²) < 4.78 is 0. The van der Waals surface area contributed by atoms with Gasteiger partial charge >= 0.3 is 0 Å². The molecular formula is C15H28N2S. The third kappa shape index (κ3) is 5.51. The van der Waals surface area contributed by atoms with Crippen molar-refractivity contribution in [2.75, 3.05) is 26.7 Å². The highest BCUT2D eigenvalue weighted by Crippen LogP contribution is 2.13. The van der Waals surface area contributed by atoms with Crippen molar-refractivity contribution in [1.29, 1.82) is 0 Å². The van der Waals surface area contributed by atoms with Gasteiger partial charge in [0.25, 0.3) is 0 Å². The zero-order chi connectivity index (χ0) is 13.4. The minimum Gasteiger partial charge on any atom is -0.315 e. The van der Waals surface area contributed by atoms with Gasteiger partial charge in [-0.1, -0.05) is 26.8 Å². The van der Waals surface area contributed by atoms with Crippen molar-refractivity contribution >= 4 is 11.3 Å². The van der Waals surface area contributed by atoms with E-state index >= 15 is 0 Å². The highest BCUT2D eigenvalue weighted by molar-refractivity contribution is 7.09. The van der Waals surface area contributed by atoms with Crippen LogP contribution in [0.25, 0.3) is 0 Å². The van der Waals surface area contributed by atoms with E-state index < -0.39 is 0 Å². The van der Waals surface area contributed by atoms with Crippen molar-refractivity contribution < 1.29 is 0 Å². The molecule has 0 aliphatic heterocycles. The molecule has 0 bridgehead atoms. The Morgan fingerprint density at radius 2 is 2.17 bits per heavy atom. The third-order valence-corrected chi connectivity index (χ3v) is 4.34. The summed E-state index contributed by atoms with van der Waals surface area (Å²) in [5.74, 6) is 0.697. The molecule has 1 N–H and O–H groups in total. The van der Waals surface area contributed by atoms with Crippen molar-refractivity contribution in [3.05, 3.63) is 22.4 Å². The van der Waals surface area contributed by atoms with Gasteiger partial charge in [-0.15, -0.1) is 11.3 Å². The predicted octanol–water partition coefficient (Wildman–Crippen LogP) is 3.25. The van der Waals surface area contributed by atoms with Crippen LogP contribution in [0.5, 0.6) is 0 Å². The van der Waals surface area contributed by atoms with Crippen LogP contribution in [0.15, 0.2) is 17.5 Å². The van der Waals surface area contributed by atoms with E-state index in [1.807, 2.05) is 11.3 Å². The lowest BCUT2D eigenvalue weighted by molar-refractivity contribution is 0.189. The second-order valence-electron chi connectivity index (χ2n) is 5.33. The lowest BCUT2D eigenvalue weighted by Gasteiger charge is -2.31. The molecule has 2 nitrogen and oxygen atoms in total. The molecule has 1 unspecified atom stereocenters. The fourth-order valence-corrected chi connectivity index (χ4v) is 2.93. The molecule has 0 amide bonds. The highest BCUT2D eigenvalue weighted by atomic mass is 32.1. The molecule has 0 saturated carbocycles. The van der Waals surface area contributed by atoms with Gasteiger partial charge in [-0.05, 0) is 43.8 Å². The number of likely N-dealkylation sites (N-methyl/N-ethyl adjacent to an activating group) is 1. The van der Waals surface area contributed by atoms with Crippen LogP contribution in [-0.2, 0) is 6.42 Å². The number of nitrogens with one attached hydrogen (secondary N) is 1. The molecule has 1 aromatic rings. The van der Waals surface area contributed by atoms with Gasteiger partial charge in [0.1, 0.15) is 0 Å². The van der Waals surface area contributed by atoms with Gasteiger partial charge in [-0.2, -0.15) is 0 Å². The van der Waals surface area contributed by atoms with Gasteiger partial charge < -0.3 is 10.2 Å². The molecular weight excluding hydrogens is 240 g/mol. The Labute approximate surface area is 116 Å². The summed E-state index contributed by atoms with van der Waals surface area (Å²) in [6, 6.07) is 5.01. The third-order valence-electron chi connectivity index (χ3n) is 3.41. The zero-order valence-corrected chi connectivity index (χ0v) is 13.1. The molecule has 0 spiro atoms. The lowest BCUT2D eigenvalue weighted by atomic mass is 10.0. The van der Waals surface area contributed by atoms with Crippen molar-refractivity contribution in [2.24, 2.45) is 5.92 Å². The van der Waals surface area contributed by atoms with Crippen LogP contribution in [-0.4, -0.2) is 37.6 Å². The summed E-state index contributed by atoms with van der Waals surface area (Å²) in [7, 11) is 2.26. The molecule has 18 heavy (non-hydrogen) atoms. The first kappa shape index (κ1) is 15.7. The van der Waals surface area contributed by atoms with E-state index in [2.05, 4.69) is 55.5 Å². The molecule has 1 aromatic heterocycles. The first-order valence-corrected chi connectivity index (χ1v) is 7.96. The smallest absolute Gasteiger partial charge is 0.0240 e. The molecule has 1 rings (SSSR count). The molecule has 0 fully saturated rings. The summed E-state index contributed by atoms with van der Waals surface area (Å²) >= 11 is 1.86. The normalized spacial score (nSPS) is 13.4. The fourth-order valence-electron chi connectivity index (χ4n) is 2.23. The van der Waals surface area contributed by atoms with E-state index in [4.69, 9.17) is 0 Å². The predicted molar refractivity (Wildman–Crippen MR) is 82.4 cm³/mol. The Morgan fingerprint density at radius 3 is 2.72 bits per heavy atom. The van der Waals surface area contributed by atoms with E-state index in [0.29, 0.717) is 12.0 Å². The van der Waals surface area contributed by atoms with Gasteiger partial charge in [-0.3, -0.25) is 0 Å². The van der Waals surface area contributed by atoms with Crippen LogP contribution in [0.4, 0.5) is 0 Å².